The van der Waals surface area contributed by atoms with Gasteiger partial charge in [-0.05, 0) is 0 Å². The van der Waals surface area contributed by atoms with Crippen LogP contribution in [0.1, 0.15) is 0 Å². The van der Waals surface area contributed by atoms with E-state index in [-0.39, 0.29) is 31.3 Å². The van der Waals surface area contributed by atoms with Crippen LogP contribution < -0.4 is 31.3 Å². The zero-order valence-electron chi connectivity index (χ0n) is 4.05. The fraction of sp³-hybridized carbons (Fsp3) is 1.00. The third-order valence-corrected chi connectivity index (χ3v) is 0.149. The van der Waals surface area contributed by atoms with E-state index in [4.69, 9.17) is 10.1 Å². The molecule has 0 rings (SSSR count). The van der Waals surface area contributed by atoms with Gasteiger partial charge >= 0.3 is 18.9 Å². The van der Waals surface area contributed by atoms with Crippen LogP contribution in [0.15, 0.2) is 0 Å². The van der Waals surface area contributed by atoms with Crippen molar-refractivity contribution in [3.8, 4) is 0 Å². The molecule has 0 aromatic rings. The SMILES string of the molecule is CO[N+](=O)[O-].[Cl-].[Li+]. The Labute approximate surface area is 58.9 Å². The van der Waals surface area contributed by atoms with Crippen LogP contribution in [0, 0.1) is 10.1 Å². The van der Waals surface area contributed by atoms with Crippen molar-refractivity contribution in [2.45, 2.75) is 0 Å². The average Bonchev–Trinajstić information content (AvgIpc) is 1.38. The Morgan fingerprint density at radius 1 is 1.71 bits per heavy atom. The van der Waals surface area contributed by atoms with Crippen molar-refractivity contribution < 1.29 is 41.2 Å². The van der Waals surface area contributed by atoms with Gasteiger partial charge in [-0.2, -0.15) is 0 Å². The van der Waals surface area contributed by atoms with Gasteiger partial charge in [0.25, 0.3) is 5.09 Å². The molecular weight excluding hydrogens is 116 g/mol. The predicted molar refractivity (Wildman–Crippen MR) is 14.0 cm³/mol. The van der Waals surface area contributed by atoms with Gasteiger partial charge in [0.15, 0.2) is 0 Å². The van der Waals surface area contributed by atoms with Gasteiger partial charge in [-0.15, -0.1) is 10.1 Å². The molecule has 0 amide bonds. The Morgan fingerprint density at radius 3 is 1.86 bits per heavy atom. The molecule has 38 valence electrons. The molecule has 0 aliphatic carbocycles. The maximum atomic E-state index is 8.95. The second-order valence-electron chi connectivity index (χ2n) is 0.406. The van der Waals surface area contributed by atoms with Gasteiger partial charge in [0.1, 0.15) is 0 Å². The topological polar surface area (TPSA) is 52.4 Å². The number of hydrogen-bond acceptors (Lipinski definition) is 3. The summed E-state index contributed by atoms with van der Waals surface area (Å²) in [5.41, 5.74) is 0. The first kappa shape index (κ1) is 15.7. The van der Waals surface area contributed by atoms with Crippen molar-refractivity contribution in [1.29, 1.82) is 0 Å². The standard InChI is InChI=1S/CH3NO3.ClH.Li/c1-5-2(3)4;;/h1H3;1H;/q;;+1/p-1. The molecule has 0 heterocycles. The normalized spacial score (nSPS) is 4.71. The summed E-state index contributed by atoms with van der Waals surface area (Å²) in [4.78, 5) is 12.4. The molecule has 6 heteroatoms. The molecule has 0 N–H and O–H groups in total. The van der Waals surface area contributed by atoms with Gasteiger partial charge in [0.2, 0.25) is 0 Å². The molecule has 4 nitrogen and oxygen atoms in total. The van der Waals surface area contributed by atoms with E-state index in [0.717, 1.165) is 7.11 Å². The van der Waals surface area contributed by atoms with Crippen LogP contribution in [0.5, 0.6) is 0 Å². The molecule has 0 aliphatic heterocycles. The Hall–Kier alpha value is 0.0874. The van der Waals surface area contributed by atoms with Gasteiger partial charge in [-0.1, -0.05) is 0 Å². The molecular formula is CH3ClLiNO3. The summed E-state index contributed by atoms with van der Waals surface area (Å²) in [6, 6.07) is 0. The molecule has 0 aromatic heterocycles. The van der Waals surface area contributed by atoms with Gasteiger partial charge in [0, 0.05) is 0 Å². The smallest absolute Gasteiger partial charge is 1.00 e. The van der Waals surface area contributed by atoms with E-state index in [0.29, 0.717) is 0 Å². The fourth-order valence-corrected chi connectivity index (χ4v) is 0. The quantitative estimate of drug-likeness (QED) is 0.196. The molecule has 0 aromatic carbocycles. The molecule has 0 radical (unpaired) electrons. The molecule has 0 saturated heterocycles. The van der Waals surface area contributed by atoms with Crippen molar-refractivity contribution in [3.05, 3.63) is 10.1 Å². The first-order valence-electron chi connectivity index (χ1n) is 0.956. The number of nitrogens with zero attached hydrogens (tertiary/aromatic N) is 1. The number of hydrogen-bond donors (Lipinski definition) is 0. The average molecular weight is 119 g/mol. The molecule has 0 unspecified atom stereocenters. The minimum Gasteiger partial charge on any atom is -1.00 e. The first-order valence-corrected chi connectivity index (χ1v) is 0.956. The molecule has 0 atom stereocenters. The maximum absolute atomic E-state index is 8.95. The van der Waals surface area contributed by atoms with Crippen molar-refractivity contribution in [1.82, 2.24) is 0 Å². The number of rotatable bonds is 1. The summed E-state index contributed by atoms with van der Waals surface area (Å²) in [5.74, 6) is 0. The molecule has 0 aliphatic rings. The Balaban J connectivity index is -0.0000000800. The van der Waals surface area contributed by atoms with E-state index >= 15 is 0 Å². The van der Waals surface area contributed by atoms with Crippen LogP contribution in [0.3, 0.4) is 0 Å². The van der Waals surface area contributed by atoms with Crippen LogP contribution in [0.2, 0.25) is 0 Å². The van der Waals surface area contributed by atoms with Crippen LogP contribution >= 0.6 is 0 Å². The first-order chi connectivity index (χ1) is 2.27. The van der Waals surface area contributed by atoms with Gasteiger partial charge in [0.05, 0.1) is 7.11 Å². The second-order valence-corrected chi connectivity index (χ2v) is 0.406. The zero-order chi connectivity index (χ0) is 4.28. The van der Waals surface area contributed by atoms with Crippen molar-refractivity contribution in [2.75, 3.05) is 7.11 Å². The number of halogens is 1. The summed E-state index contributed by atoms with van der Waals surface area (Å²) in [5, 5.41) is 8.08. The van der Waals surface area contributed by atoms with Crippen molar-refractivity contribution in [3.63, 3.8) is 0 Å². The molecule has 0 bridgehead atoms. The van der Waals surface area contributed by atoms with Gasteiger partial charge < -0.3 is 17.2 Å². The van der Waals surface area contributed by atoms with Crippen LogP contribution in [0.4, 0.5) is 0 Å². The molecule has 0 saturated carbocycles. The van der Waals surface area contributed by atoms with Crippen LogP contribution in [0.25, 0.3) is 0 Å². The third kappa shape index (κ3) is 23.3. The van der Waals surface area contributed by atoms with E-state index in [2.05, 4.69) is 4.84 Å². The minimum atomic E-state index is -0.875. The van der Waals surface area contributed by atoms with E-state index < -0.39 is 5.09 Å². The Morgan fingerprint density at radius 2 is 1.86 bits per heavy atom. The zero-order valence-corrected chi connectivity index (χ0v) is 4.81. The van der Waals surface area contributed by atoms with Crippen LogP contribution in [-0.2, 0) is 4.84 Å². The summed E-state index contributed by atoms with van der Waals surface area (Å²) >= 11 is 0. The summed E-state index contributed by atoms with van der Waals surface area (Å²) in [6.45, 7) is 0. The van der Waals surface area contributed by atoms with E-state index in [9.17, 15) is 0 Å². The Kier molecular flexibility index (Phi) is 21.2. The van der Waals surface area contributed by atoms with E-state index in [1.807, 2.05) is 0 Å². The van der Waals surface area contributed by atoms with E-state index in [1.165, 1.54) is 0 Å². The van der Waals surface area contributed by atoms with Crippen molar-refractivity contribution >= 4 is 0 Å². The van der Waals surface area contributed by atoms with E-state index in [1.54, 1.807) is 0 Å². The van der Waals surface area contributed by atoms with Crippen molar-refractivity contribution in [2.24, 2.45) is 0 Å². The predicted octanol–water partition coefficient (Wildman–Crippen LogP) is -6.17. The van der Waals surface area contributed by atoms with Crippen LogP contribution in [-0.4, -0.2) is 12.2 Å². The monoisotopic (exact) mass is 119 g/mol. The largest absolute Gasteiger partial charge is 1.00 e. The minimum absolute atomic E-state index is 0. The summed E-state index contributed by atoms with van der Waals surface area (Å²) in [7, 11) is 1.00. The van der Waals surface area contributed by atoms with Gasteiger partial charge in [-0.25, -0.2) is 0 Å². The summed E-state index contributed by atoms with van der Waals surface area (Å²) < 4.78 is 0. The molecule has 0 fully saturated rings. The summed E-state index contributed by atoms with van der Waals surface area (Å²) in [6.07, 6.45) is 0. The van der Waals surface area contributed by atoms with Gasteiger partial charge in [-0.3, -0.25) is 0 Å². The fourth-order valence-electron chi connectivity index (χ4n) is 0. The third-order valence-electron chi connectivity index (χ3n) is 0.149. The second kappa shape index (κ2) is 9.43. The molecule has 7 heavy (non-hydrogen) atoms. The Bertz CT molecular complexity index is 50.2. The maximum Gasteiger partial charge on any atom is 1.00 e. The molecule has 0 spiro atoms.